The van der Waals surface area contributed by atoms with E-state index in [9.17, 15) is 19.5 Å². The molecular weight excluding hydrogens is 498 g/mol. The van der Waals surface area contributed by atoms with Crippen molar-refractivity contribution in [1.29, 1.82) is 0 Å². The molecule has 0 bridgehead atoms. The Bertz CT molecular complexity index is 1520. The summed E-state index contributed by atoms with van der Waals surface area (Å²) in [5, 5.41) is 19.8. The molecule has 10 heteroatoms. The van der Waals surface area contributed by atoms with E-state index in [0.29, 0.717) is 54.1 Å². The maximum atomic E-state index is 12.8. The number of aryl methyl sites for hydroxylation is 1. The van der Waals surface area contributed by atoms with E-state index in [2.05, 4.69) is 0 Å². The number of hydrogen-bond acceptors (Lipinski definition) is 7. The predicted octanol–water partition coefficient (Wildman–Crippen LogP) is -0.804. The average Bonchev–Trinajstić information content (AvgIpc) is 2.83. The standard InChI is InChI=1S/C27H24O8.2Na.2H/c1-3-16-11-20(15(2)28)22(29)14-24(16)34-10-4-9-33-18-6-7-19-25(13-18)35-23-8-5-17(27(31)32)12-21(23)26(19)30;;;;/h5-8,11-14,29H,3-4,9-10H2,1-2H3,(H,31,32);;;;/q;2*+1;2*-1. The number of aromatic carboxylic acids is 1. The normalized spacial score (nSPS) is 10.4. The van der Waals surface area contributed by atoms with Gasteiger partial charge in [-0.1, -0.05) is 6.92 Å². The Morgan fingerprint density at radius 1 is 0.946 bits per heavy atom. The number of carboxylic acid groups (broad SMARTS) is 1. The van der Waals surface area contributed by atoms with Crippen LogP contribution in [-0.2, 0) is 6.42 Å². The maximum absolute atomic E-state index is 12.8. The van der Waals surface area contributed by atoms with Gasteiger partial charge < -0.3 is 27.0 Å². The van der Waals surface area contributed by atoms with E-state index >= 15 is 0 Å². The van der Waals surface area contributed by atoms with Gasteiger partial charge >= 0.3 is 65.1 Å². The molecule has 0 aliphatic rings. The van der Waals surface area contributed by atoms with E-state index < -0.39 is 5.97 Å². The Balaban J connectivity index is 0.00000361. The molecule has 4 rings (SSSR count). The van der Waals surface area contributed by atoms with Crippen LogP contribution < -0.4 is 74.0 Å². The van der Waals surface area contributed by atoms with Crippen molar-refractivity contribution >= 4 is 33.7 Å². The number of carbonyl (C=O) groups is 2. The number of ketones is 1. The third-order valence-corrected chi connectivity index (χ3v) is 5.64. The quantitative estimate of drug-likeness (QED) is 0.126. The van der Waals surface area contributed by atoms with Crippen molar-refractivity contribution in [3.63, 3.8) is 0 Å². The molecular formula is C27H26Na2O8. The summed E-state index contributed by atoms with van der Waals surface area (Å²) in [7, 11) is 0. The molecule has 1 heterocycles. The fourth-order valence-corrected chi connectivity index (χ4v) is 3.80. The third-order valence-electron chi connectivity index (χ3n) is 5.64. The summed E-state index contributed by atoms with van der Waals surface area (Å²) in [5.74, 6) is -0.387. The summed E-state index contributed by atoms with van der Waals surface area (Å²) in [5.41, 5.74) is 1.45. The van der Waals surface area contributed by atoms with Crippen molar-refractivity contribution in [1.82, 2.24) is 0 Å². The summed E-state index contributed by atoms with van der Waals surface area (Å²) in [4.78, 5) is 35.6. The first-order valence-corrected chi connectivity index (χ1v) is 11.1. The molecule has 0 saturated carbocycles. The summed E-state index contributed by atoms with van der Waals surface area (Å²) in [6.45, 7) is 4.02. The van der Waals surface area contributed by atoms with Crippen LogP contribution in [0.2, 0.25) is 0 Å². The number of Topliss-reactive ketones (excluding diaryl/α,β-unsaturated/α-hetero) is 1. The van der Waals surface area contributed by atoms with Crippen LogP contribution in [-0.4, -0.2) is 35.2 Å². The molecule has 184 valence electrons. The number of hydrogen-bond donors (Lipinski definition) is 2. The van der Waals surface area contributed by atoms with Gasteiger partial charge in [0.25, 0.3) is 0 Å². The molecule has 0 saturated heterocycles. The van der Waals surface area contributed by atoms with Crippen LogP contribution in [0.25, 0.3) is 21.9 Å². The number of fused-ring (bicyclic) bond motifs is 2. The smallest absolute Gasteiger partial charge is 1.00 e. The van der Waals surface area contributed by atoms with E-state index in [1.54, 1.807) is 24.3 Å². The van der Waals surface area contributed by atoms with Crippen LogP contribution in [0.4, 0.5) is 0 Å². The van der Waals surface area contributed by atoms with Gasteiger partial charge in [0.15, 0.2) is 5.78 Å². The number of phenols is 1. The van der Waals surface area contributed by atoms with Gasteiger partial charge in [-0.2, -0.15) is 0 Å². The van der Waals surface area contributed by atoms with Gasteiger partial charge in [0.05, 0.1) is 35.1 Å². The molecule has 0 unspecified atom stereocenters. The second kappa shape index (κ2) is 13.5. The summed E-state index contributed by atoms with van der Waals surface area (Å²) >= 11 is 0. The van der Waals surface area contributed by atoms with Crippen molar-refractivity contribution < 1.29 is 95.7 Å². The number of benzene rings is 3. The van der Waals surface area contributed by atoms with Crippen molar-refractivity contribution in [3.05, 3.63) is 75.4 Å². The molecule has 4 aromatic rings. The van der Waals surface area contributed by atoms with Gasteiger partial charge in [-0.3, -0.25) is 9.59 Å². The minimum atomic E-state index is -1.12. The van der Waals surface area contributed by atoms with E-state index in [1.807, 2.05) is 6.92 Å². The van der Waals surface area contributed by atoms with Crippen LogP contribution in [0.3, 0.4) is 0 Å². The minimum absolute atomic E-state index is 0. The molecule has 0 atom stereocenters. The van der Waals surface area contributed by atoms with Gasteiger partial charge in [0, 0.05) is 18.6 Å². The van der Waals surface area contributed by atoms with Crippen LogP contribution in [0, 0.1) is 0 Å². The molecule has 0 spiro atoms. The number of carbonyl (C=O) groups excluding carboxylic acids is 1. The largest absolute Gasteiger partial charge is 1.00 e. The second-order valence-electron chi connectivity index (χ2n) is 8.04. The number of carboxylic acids is 1. The SMILES string of the molecule is CCc1cc(C(C)=O)c(O)cc1OCCCOc1ccc2c(=O)c3cc(C(=O)O)ccc3oc2c1.[H-].[H-].[Na+].[Na+]. The first-order valence-electron chi connectivity index (χ1n) is 11.1. The second-order valence-corrected chi connectivity index (χ2v) is 8.04. The Hall–Kier alpha value is -2.33. The van der Waals surface area contributed by atoms with E-state index in [1.165, 1.54) is 31.2 Å². The van der Waals surface area contributed by atoms with Crippen LogP contribution in [0.15, 0.2) is 57.7 Å². The first kappa shape index (κ1) is 30.9. The van der Waals surface area contributed by atoms with Crippen LogP contribution in [0.1, 0.15) is 49.4 Å². The number of rotatable bonds is 9. The Kier molecular flexibility index (Phi) is 11.2. The molecule has 8 nitrogen and oxygen atoms in total. The van der Waals surface area contributed by atoms with Crippen LogP contribution in [0.5, 0.6) is 17.2 Å². The minimum Gasteiger partial charge on any atom is -1.00 e. The fourth-order valence-electron chi connectivity index (χ4n) is 3.80. The van der Waals surface area contributed by atoms with Crippen molar-refractivity contribution in [2.24, 2.45) is 0 Å². The zero-order chi connectivity index (χ0) is 25.1. The topological polar surface area (TPSA) is 123 Å². The van der Waals surface area contributed by atoms with Gasteiger partial charge in [0.1, 0.15) is 28.4 Å². The zero-order valence-corrected chi connectivity index (χ0v) is 25.3. The van der Waals surface area contributed by atoms with Gasteiger partial charge in [0.2, 0.25) is 5.43 Å². The van der Waals surface area contributed by atoms with Gasteiger partial charge in [-0.15, -0.1) is 0 Å². The predicted molar refractivity (Wildman–Crippen MR) is 132 cm³/mol. The molecule has 1 aromatic heterocycles. The van der Waals surface area contributed by atoms with Crippen molar-refractivity contribution in [3.8, 4) is 17.2 Å². The Morgan fingerprint density at radius 3 is 2.35 bits per heavy atom. The molecule has 3 aromatic carbocycles. The molecule has 37 heavy (non-hydrogen) atoms. The summed E-state index contributed by atoms with van der Waals surface area (Å²) in [6.07, 6.45) is 1.21. The van der Waals surface area contributed by atoms with E-state index in [-0.39, 0.29) is 95.4 Å². The van der Waals surface area contributed by atoms with Crippen LogP contribution >= 0.6 is 0 Å². The monoisotopic (exact) mass is 524 g/mol. The van der Waals surface area contributed by atoms with Gasteiger partial charge in [-0.05, 0) is 55.3 Å². The molecule has 0 amide bonds. The molecule has 2 N–H and O–H groups in total. The van der Waals surface area contributed by atoms with E-state index in [0.717, 1.165) is 5.56 Å². The van der Waals surface area contributed by atoms with E-state index in [4.69, 9.17) is 19.0 Å². The summed E-state index contributed by atoms with van der Waals surface area (Å²) < 4.78 is 17.4. The van der Waals surface area contributed by atoms with Gasteiger partial charge in [-0.25, -0.2) is 4.79 Å². The molecule has 0 aliphatic heterocycles. The number of aromatic hydroxyl groups is 1. The first-order chi connectivity index (χ1) is 16.8. The Labute approximate surface area is 260 Å². The summed E-state index contributed by atoms with van der Waals surface area (Å²) in [6, 6.07) is 12.1. The Morgan fingerprint density at radius 2 is 1.68 bits per heavy atom. The molecule has 0 aliphatic carbocycles. The third kappa shape index (κ3) is 6.96. The average molecular weight is 524 g/mol. The fraction of sp³-hybridized carbons (Fsp3) is 0.222. The van der Waals surface area contributed by atoms with Crippen molar-refractivity contribution in [2.45, 2.75) is 26.7 Å². The number of ether oxygens (including phenoxy) is 2. The maximum Gasteiger partial charge on any atom is 1.00 e. The zero-order valence-electron chi connectivity index (χ0n) is 23.3. The molecule has 0 radical (unpaired) electrons. The van der Waals surface area contributed by atoms with Crippen molar-refractivity contribution in [2.75, 3.05) is 13.2 Å². The number of phenolic OH excluding ortho intramolecular Hbond substituents is 1. The molecule has 0 fully saturated rings.